The highest BCUT2D eigenvalue weighted by Crippen LogP contribution is 2.39. The zero-order valence-electron chi connectivity index (χ0n) is 30.4. The van der Waals surface area contributed by atoms with E-state index in [1.165, 1.54) is 5.56 Å². The number of aryl methyl sites for hydroxylation is 1. The number of hydrogen-bond acceptors (Lipinski definition) is 7. The minimum Gasteiger partial charge on any atom is -0.508 e. The molecule has 0 saturated carbocycles. The molecule has 1 aliphatic heterocycles. The van der Waals surface area contributed by atoms with Crippen molar-refractivity contribution in [2.24, 2.45) is 5.92 Å². The summed E-state index contributed by atoms with van der Waals surface area (Å²) in [7, 11) is 0. The minimum absolute atomic E-state index is 0.0000714. The topological polar surface area (TPSA) is 150 Å². The lowest BCUT2D eigenvalue weighted by atomic mass is 9.73. The molecule has 0 fully saturated rings. The van der Waals surface area contributed by atoms with Gasteiger partial charge in [-0.3, -0.25) is 4.79 Å². The van der Waals surface area contributed by atoms with Gasteiger partial charge < -0.3 is 36.0 Å². The first kappa shape index (κ1) is 40.3. The van der Waals surface area contributed by atoms with Crippen molar-refractivity contribution in [2.75, 3.05) is 13.2 Å². The highest BCUT2D eigenvalue weighted by Gasteiger charge is 2.38. The average Bonchev–Trinajstić information content (AvgIpc) is 3.10. The fourth-order valence-corrected chi connectivity index (χ4v) is 7.71. The van der Waals surface area contributed by atoms with Gasteiger partial charge in [-0.15, -0.1) is 0 Å². The predicted octanol–water partition coefficient (Wildman–Crippen LogP) is 6.51. The summed E-state index contributed by atoms with van der Waals surface area (Å²) in [6, 6.07) is 14.9. The molecular weight excluding hydrogens is 642 g/mol. The molecule has 8 nitrogen and oxygen atoms in total. The number of β-amino-alcohol motifs (C(OH)–C–C–N with tert-alkyl or cyclic N) is 1. The van der Waals surface area contributed by atoms with Gasteiger partial charge in [0.25, 0.3) is 0 Å². The van der Waals surface area contributed by atoms with E-state index in [9.17, 15) is 35.4 Å². The second-order valence-electron chi connectivity index (χ2n) is 14.8. The maximum absolute atomic E-state index is 12.2. The first-order chi connectivity index (χ1) is 24.5. The number of hydrogen-bond donors (Lipinski definition) is 7. The third-order valence-electron chi connectivity index (χ3n) is 10.6. The van der Waals surface area contributed by atoms with Gasteiger partial charge in [0.05, 0.1) is 30.3 Å². The Labute approximate surface area is 304 Å². The van der Waals surface area contributed by atoms with Crippen LogP contribution in [0, 0.1) is 17.8 Å². The molecule has 7 unspecified atom stereocenters. The van der Waals surface area contributed by atoms with Crippen LogP contribution in [0.15, 0.2) is 71.8 Å². The van der Waals surface area contributed by atoms with Crippen molar-refractivity contribution in [3.8, 4) is 17.6 Å². The Morgan fingerprint density at radius 2 is 1.78 bits per heavy atom. The van der Waals surface area contributed by atoms with Crippen molar-refractivity contribution in [1.82, 2.24) is 5.32 Å². The molecule has 0 radical (unpaired) electrons. The quantitative estimate of drug-likeness (QED) is 0.0774. The van der Waals surface area contributed by atoms with Crippen LogP contribution >= 0.6 is 0 Å². The van der Waals surface area contributed by atoms with E-state index in [1.807, 2.05) is 24.3 Å². The largest absolute Gasteiger partial charge is 0.508 e. The molecule has 0 amide bonds. The monoisotopic (exact) mass is 701 g/mol. The number of benzene rings is 2. The molecule has 7 N–H and O–H groups in total. The van der Waals surface area contributed by atoms with Crippen molar-refractivity contribution in [3.63, 3.8) is 0 Å². The smallest absolute Gasteiger partial charge is 0.303 e. The number of unbranched alkanes of at least 4 members (excludes halogenated alkanes) is 4. The lowest BCUT2D eigenvalue weighted by Gasteiger charge is -2.39. The number of carboxylic acids is 1. The summed E-state index contributed by atoms with van der Waals surface area (Å²) in [5.74, 6) is 5.71. The van der Waals surface area contributed by atoms with E-state index in [1.54, 1.807) is 31.2 Å². The number of allylic oxidation sites excluding steroid dienone is 2. The van der Waals surface area contributed by atoms with Gasteiger partial charge in [-0.1, -0.05) is 99.4 Å². The molecule has 4 rings (SSSR count). The molecule has 1 heterocycles. The maximum atomic E-state index is 12.2. The molecule has 7 atom stereocenters. The Kier molecular flexibility index (Phi) is 15.8. The van der Waals surface area contributed by atoms with E-state index < -0.39 is 36.3 Å². The van der Waals surface area contributed by atoms with Crippen LogP contribution in [0.3, 0.4) is 0 Å². The van der Waals surface area contributed by atoms with Gasteiger partial charge in [0.1, 0.15) is 5.75 Å². The third-order valence-corrected chi connectivity index (χ3v) is 10.6. The third kappa shape index (κ3) is 12.1. The number of carboxylic acid groups (broad SMARTS) is 1. The molecule has 278 valence electrons. The van der Waals surface area contributed by atoms with Crippen LogP contribution in [0.4, 0.5) is 0 Å². The van der Waals surface area contributed by atoms with E-state index >= 15 is 0 Å². The number of fused-ring (bicyclic) bond motifs is 5. The molecule has 2 aromatic rings. The van der Waals surface area contributed by atoms with E-state index in [0.29, 0.717) is 25.7 Å². The van der Waals surface area contributed by atoms with E-state index in [4.69, 9.17) is 0 Å². The molecule has 1 aliphatic carbocycles. The van der Waals surface area contributed by atoms with Crippen molar-refractivity contribution in [1.29, 1.82) is 0 Å². The molecule has 2 aromatic carbocycles. The Morgan fingerprint density at radius 3 is 2.51 bits per heavy atom. The highest BCUT2D eigenvalue weighted by atomic mass is 16.4. The van der Waals surface area contributed by atoms with Gasteiger partial charge in [0, 0.05) is 24.9 Å². The second kappa shape index (κ2) is 20.0. The predicted molar refractivity (Wildman–Crippen MR) is 201 cm³/mol. The molecule has 51 heavy (non-hydrogen) atoms. The van der Waals surface area contributed by atoms with Gasteiger partial charge in [0.2, 0.25) is 0 Å². The lowest BCUT2D eigenvalue weighted by molar-refractivity contribution is -0.137. The number of nitrogens with one attached hydrogen (secondary N) is 1. The molecule has 0 aromatic heterocycles. The van der Waals surface area contributed by atoms with Crippen LogP contribution in [-0.2, 0) is 11.2 Å². The first-order valence-corrected chi connectivity index (χ1v) is 18.9. The van der Waals surface area contributed by atoms with Crippen molar-refractivity contribution >= 4 is 5.97 Å². The number of aliphatic hydroxyl groups is 4. The second-order valence-corrected chi connectivity index (χ2v) is 14.8. The fraction of sp³-hybridized carbons (Fsp3) is 0.558. The molecular formula is C43H59NO7. The van der Waals surface area contributed by atoms with Gasteiger partial charge >= 0.3 is 5.97 Å². The van der Waals surface area contributed by atoms with Crippen molar-refractivity contribution in [3.05, 3.63) is 88.5 Å². The van der Waals surface area contributed by atoms with E-state index in [2.05, 4.69) is 36.2 Å². The van der Waals surface area contributed by atoms with Crippen LogP contribution in [-0.4, -0.2) is 73.6 Å². The normalized spacial score (nSPS) is 25.1. The Morgan fingerprint density at radius 1 is 1.02 bits per heavy atom. The van der Waals surface area contributed by atoms with Crippen LogP contribution in [0.5, 0.6) is 5.75 Å². The number of phenols is 1. The molecule has 8 heteroatoms. The lowest BCUT2D eigenvalue weighted by Crippen LogP contribution is -2.50. The van der Waals surface area contributed by atoms with Crippen LogP contribution in [0.1, 0.15) is 119 Å². The number of phenolic OH excluding ortho intramolecular Hbond substituents is 1. The SMILES string of the molecule is CCCCCC(O)C=CC1=C(CC(O)CO)C2NCC(C)(O)C(c3ccc(O)cc3)C#CC(CC2CCCCCC(=O)O)c2ccccc2CC1. The summed E-state index contributed by atoms with van der Waals surface area (Å²) in [5, 5.41) is 67.3. The van der Waals surface area contributed by atoms with Crippen LogP contribution in [0.25, 0.3) is 0 Å². The fourth-order valence-electron chi connectivity index (χ4n) is 7.71. The first-order valence-electron chi connectivity index (χ1n) is 18.9. The molecule has 2 bridgehead atoms. The van der Waals surface area contributed by atoms with Gasteiger partial charge in [-0.2, -0.15) is 0 Å². The van der Waals surface area contributed by atoms with Crippen LogP contribution < -0.4 is 5.32 Å². The van der Waals surface area contributed by atoms with Gasteiger partial charge in [-0.25, -0.2) is 0 Å². The standard InChI is InChI=1S/C43H59NO7/c1-3-4-6-13-35(46)22-18-31-17-16-30-11-9-10-14-38(30)33-21-25-40(32-19-23-36(47)24-20-32)43(2,51)29-44-42(39(31)27-37(48)28-45)34(26-33)12-7-5-8-15-41(49)50/h9-11,14,18-20,22-24,33-35,37,40,42,44-48,51H,3-8,12-13,15-17,26-29H2,1-2H3,(H,49,50). The summed E-state index contributed by atoms with van der Waals surface area (Å²) in [5.41, 5.74) is 3.73. The molecule has 0 saturated heterocycles. The summed E-state index contributed by atoms with van der Waals surface area (Å²) in [6.45, 7) is 3.70. The van der Waals surface area contributed by atoms with Gasteiger partial charge in [-0.05, 0) is 97.8 Å². The number of aliphatic carboxylic acids is 1. The summed E-state index contributed by atoms with van der Waals surface area (Å²) >= 11 is 0. The minimum atomic E-state index is -1.33. The summed E-state index contributed by atoms with van der Waals surface area (Å²) in [6.07, 6.45) is 11.3. The van der Waals surface area contributed by atoms with E-state index in [-0.39, 0.29) is 43.0 Å². The average molecular weight is 702 g/mol. The number of rotatable bonds is 16. The van der Waals surface area contributed by atoms with E-state index in [0.717, 1.165) is 67.2 Å². The van der Waals surface area contributed by atoms with Crippen LogP contribution in [0.2, 0.25) is 0 Å². The Hall–Kier alpha value is -3.45. The molecule has 0 spiro atoms. The zero-order chi connectivity index (χ0) is 36.8. The number of aliphatic hydroxyl groups excluding tert-OH is 3. The molecule has 2 aliphatic rings. The zero-order valence-corrected chi connectivity index (χ0v) is 30.4. The van der Waals surface area contributed by atoms with Gasteiger partial charge in [0.15, 0.2) is 0 Å². The number of aromatic hydroxyl groups is 1. The maximum Gasteiger partial charge on any atom is 0.303 e. The van der Waals surface area contributed by atoms with Crippen molar-refractivity contribution in [2.45, 2.75) is 133 Å². The summed E-state index contributed by atoms with van der Waals surface area (Å²) in [4.78, 5) is 11.3. The van der Waals surface area contributed by atoms with Crippen molar-refractivity contribution < 1.29 is 35.4 Å². The Bertz CT molecular complexity index is 1520. The highest BCUT2D eigenvalue weighted by molar-refractivity contribution is 5.66. The number of carbonyl (C=O) groups is 1. The Balaban J connectivity index is 1.90. The summed E-state index contributed by atoms with van der Waals surface area (Å²) < 4.78 is 0.